The second-order valence-electron chi connectivity index (χ2n) is 7.16. The third-order valence-electron chi connectivity index (χ3n) is 5.06. The molecule has 1 amide bonds. The third kappa shape index (κ3) is 4.35. The second kappa shape index (κ2) is 9.75. The van der Waals surface area contributed by atoms with Crippen LogP contribution >= 0.6 is 11.3 Å². The minimum absolute atomic E-state index is 0.264. The van der Waals surface area contributed by atoms with Crippen LogP contribution < -0.4 is 21.3 Å². The fraction of sp³-hybridized carbons (Fsp3) is 0.167. The van der Waals surface area contributed by atoms with E-state index in [1.54, 1.807) is 66.9 Å². The van der Waals surface area contributed by atoms with E-state index in [1.165, 1.54) is 23.0 Å². The van der Waals surface area contributed by atoms with Gasteiger partial charge in [0.05, 0.1) is 30.5 Å². The molecule has 1 N–H and O–H groups in total. The van der Waals surface area contributed by atoms with E-state index in [-0.39, 0.29) is 13.2 Å². The SMILES string of the molecule is CCOC(=O)c1ccc(NC(=O)Cn2c(=O)n(-c3ccccc3OC)c(=O)c3sccc32)cc1. The zero-order valence-corrected chi connectivity index (χ0v) is 19.3. The predicted molar refractivity (Wildman–Crippen MR) is 129 cm³/mol. The molecule has 0 spiro atoms. The Morgan fingerprint density at radius 2 is 1.76 bits per heavy atom. The van der Waals surface area contributed by atoms with E-state index in [0.717, 1.165) is 4.57 Å². The highest BCUT2D eigenvalue weighted by molar-refractivity contribution is 7.17. The van der Waals surface area contributed by atoms with Crippen LogP contribution in [0, 0.1) is 0 Å². The maximum atomic E-state index is 13.4. The van der Waals surface area contributed by atoms with Gasteiger partial charge in [-0.3, -0.25) is 14.2 Å². The number of methoxy groups -OCH3 is 1. The lowest BCUT2D eigenvalue weighted by Gasteiger charge is -2.14. The van der Waals surface area contributed by atoms with Crippen LogP contribution in [0.2, 0.25) is 0 Å². The Hall–Kier alpha value is -4.18. The van der Waals surface area contributed by atoms with Crippen molar-refractivity contribution in [2.24, 2.45) is 0 Å². The number of para-hydroxylation sites is 2. The number of esters is 1. The van der Waals surface area contributed by atoms with Gasteiger partial charge in [-0.25, -0.2) is 14.2 Å². The predicted octanol–water partition coefficient (Wildman–Crippen LogP) is 3.04. The summed E-state index contributed by atoms with van der Waals surface area (Å²) in [5, 5.41) is 4.40. The number of nitrogens with one attached hydrogen (secondary N) is 1. The number of fused-ring (bicyclic) bond motifs is 1. The minimum Gasteiger partial charge on any atom is -0.495 e. The molecule has 2 aromatic heterocycles. The van der Waals surface area contributed by atoms with Gasteiger partial charge in [0.1, 0.15) is 17.0 Å². The maximum Gasteiger partial charge on any atom is 0.338 e. The molecule has 174 valence electrons. The number of carbonyl (C=O) groups is 2. The molecule has 0 bridgehead atoms. The van der Waals surface area contributed by atoms with Crippen LogP contribution in [0.15, 0.2) is 69.6 Å². The van der Waals surface area contributed by atoms with Gasteiger partial charge in [0.25, 0.3) is 5.56 Å². The number of hydrogen-bond donors (Lipinski definition) is 1. The van der Waals surface area contributed by atoms with E-state index in [1.807, 2.05) is 0 Å². The van der Waals surface area contributed by atoms with Crippen molar-refractivity contribution >= 4 is 39.1 Å². The molecule has 0 atom stereocenters. The summed E-state index contributed by atoms with van der Waals surface area (Å²) in [4.78, 5) is 51.1. The molecule has 9 nitrogen and oxygen atoms in total. The Morgan fingerprint density at radius 1 is 1.03 bits per heavy atom. The first kappa shape index (κ1) is 23.0. The summed E-state index contributed by atoms with van der Waals surface area (Å²) in [6.45, 7) is 1.66. The molecule has 0 saturated heterocycles. The molecule has 2 aromatic carbocycles. The molecule has 0 aliphatic heterocycles. The molecular formula is C24H21N3O6S. The highest BCUT2D eigenvalue weighted by atomic mass is 32.1. The normalized spacial score (nSPS) is 10.8. The Labute approximate surface area is 197 Å². The van der Waals surface area contributed by atoms with Crippen molar-refractivity contribution in [1.82, 2.24) is 9.13 Å². The van der Waals surface area contributed by atoms with Crippen molar-refractivity contribution in [2.75, 3.05) is 19.0 Å². The van der Waals surface area contributed by atoms with Crippen molar-refractivity contribution in [2.45, 2.75) is 13.5 Å². The summed E-state index contributed by atoms with van der Waals surface area (Å²) in [6.07, 6.45) is 0. The first-order valence-electron chi connectivity index (χ1n) is 10.4. The molecule has 2 heterocycles. The number of ether oxygens (including phenoxy) is 2. The van der Waals surface area contributed by atoms with Crippen LogP contribution in [0.3, 0.4) is 0 Å². The van der Waals surface area contributed by atoms with E-state index < -0.39 is 23.1 Å². The fourth-order valence-electron chi connectivity index (χ4n) is 3.52. The Kier molecular flexibility index (Phi) is 6.60. The molecule has 0 radical (unpaired) electrons. The lowest BCUT2D eigenvalue weighted by Crippen LogP contribution is -2.40. The van der Waals surface area contributed by atoms with Gasteiger partial charge in [0.2, 0.25) is 5.91 Å². The van der Waals surface area contributed by atoms with E-state index in [0.29, 0.717) is 32.9 Å². The standard InChI is InChI=1S/C24H21N3O6S/c1-3-33-23(30)15-8-10-16(11-9-15)25-20(28)14-26-18-12-13-34-21(18)22(29)27(24(26)31)17-6-4-5-7-19(17)32-2/h4-13H,3,14H2,1-2H3,(H,25,28). The highest BCUT2D eigenvalue weighted by Crippen LogP contribution is 2.22. The summed E-state index contributed by atoms with van der Waals surface area (Å²) in [5.41, 5.74) is 0.336. The number of benzene rings is 2. The highest BCUT2D eigenvalue weighted by Gasteiger charge is 2.19. The Bertz CT molecular complexity index is 1480. The zero-order valence-electron chi connectivity index (χ0n) is 18.4. The molecule has 0 fully saturated rings. The van der Waals surface area contributed by atoms with Crippen LogP contribution in [0.4, 0.5) is 5.69 Å². The monoisotopic (exact) mass is 479 g/mol. The number of thiophene rings is 1. The molecular weight excluding hydrogens is 458 g/mol. The van der Waals surface area contributed by atoms with Gasteiger partial charge in [-0.05, 0) is 54.8 Å². The van der Waals surface area contributed by atoms with Gasteiger partial charge >= 0.3 is 11.7 Å². The average molecular weight is 480 g/mol. The number of carbonyl (C=O) groups excluding carboxylic acids is 2. The van der Waals surface area contributed by atoms with Gasteiger partial charge < -0.3 is 14.8 Å². The van der Waals surface area contributed by atoms with Gasteiger partial charge in [-0.15, -0.1) is 11.3 Å². The van der Waals surface area contributed by atoms with Crippen molar-refractivity contribution in [1.29, 1.82) is 0 Å². The molecule has 4 rings (SSSR count). The minimum atomic E-state index is -0.659. The van der Waals surface area contributed by atoms with Gasteiger partial charge in [-0.1, -0.05) is 12.1 Å². The zero-order chi connectivity index (χ0) is 24.2. The summed E-state index contributed by atoms with van der Waals surface area (Å²) < 4.78 is 12.9. The molecule has 34 heavy (non-hydrogen) atoms. The number of hydrogen-bond acceptors (Lipinski definition) is 7. The van der Waals surface area contributed by atoms with Crippen LogP contribution in [-0.2, 0) is 16.1 Å². The molecule has 0 saturated carbocycles. The van der Waals surface area contributed by atoms with Gasteiger partial charge in [0, 0.05) is 5.69 Å². The summed E-state index contributed by atoms with van der Waals surface area (Å²) in [7, 11) is 1.45. The lowest BCUT2D eigenvalue weighted by atomic mass is 10.2. The summed E-state index contributed by atoms with van der Waals surface area (Å²) >= 11 is 1.19. The van der Waals surface area contributed by atoms with Gasteiger partial charge in [-0.2, -0.15) is 0 Å². The van der Waals surface area contributed by atoms with Crippen LogP contribution in [0.1, 0.15) is 17.3 Å². The lowest BCUT2D eigenvalue weighted by molar-refractivity contribution is -0.116. The van der Waals surface area contributed by atoms with Crippen molar-refractivity contribution in [3.63, 3.8) is 0 Å². The molecule has 0 aliphatic carbocycles. The number of aromatic nitrogens is 2. The van der Waals surface area contributed by atoms with E-state index >= 15 is 0 Å². The molecule has 0 aliphatic rings. The number of nitrogens with zero attached hydrogens (tertiary/aromatic N) is 2. The Balaban J connectivity index is 1.68. The van der Waals surface area contributed by atoms with Crippen molar-refractivity contribution < 1.29 is 19.1 Å². The topological polar surface area (TPSA) is 109 Å². The van der Waals surface area contributed by atoms with Gasteiger partial charge in [0.15, 0.2) is 0 Å². The number of amides is 1. The first-order chi connectivity index (χ1) is 16.4. The number of rotatable bonds is 7. The molecule has 0 unspecified atom stereocenters. The molecule has 4 aromatic rings. The van der Waals surface area contributed by atoms with E-state index in [2.05, 4.69) is 5.32 Å². The van der Waals surface area contributed by atoms with E-state index in [9.17, 15) is 19.2 Å². The van der Waals surface area contributed by atoms with Crippen LogP contribution in [0.25, 0.3) is 15.9 Å². The third-order valence-corrected chi connectivity index (χ3v) is 5.95. The quantitative estimate of drug-likeness (QED) is 0.408. The Morgan fingerprint density at radius 3 is 2.47 bits per heavy atom. The maximum absolute atomic E-state index is 13.4. The number of anilines is 1. The largest absolute Gasteiger partial charge is 0.495 e. The van der Waals surface area contributed by atoms with Crippen molar-refractivity contribution in [3.8, 4) is 11.4 Å². The summed E-state index contributed by atoms with van der Waals surface area (Å²) in [6, 6.07) is 14.5. The van der Waals surface area contributed by atoms with Crippen LogP contribution in [0.5, 0.6) is 5.75 Å². The molecule has 10 heteroatoms. The fourth-order valence-corrected chi connectivity index (χ4v) is 4.34. The van der Waals surface area contributed by atoms with E-state index in [4.69, 9.17) is 9.47 Å². The van der Waals surface area contributed by atoms with Crippen molar-refractivity contribution in [3.05, 3.63) is 86.4 Å². The first-order valence-corrected chi connectivity index (χ1v) is 11.3. The summed E-state index contributed by atoms with van der Waals surface area (Å²) in [5.74, 6) is -0.565. The second-order valence-corrected chi connectivity index (χ2v) is 8.08. The van der Waals surface area contributed by atoms with Crippen LogP contribution in [-0.4, -0.2) is 34.7 Å². The smallest absolute Gasteiger partial charge is 0.338 e. The average Bonchev–Trinajstić information content (AvgIpc) is 3.33.